The van der Waals surface area contributed by atoms with E-state index in [4.69, 9.17) is 0 Å². The molecular weight excluding hydrogens is 193 g/mol. The van der Waals surface area contributed by atoms with Crippen molar-refractivity contribution in [3.8, 4) is 0 Å². The molecule has 0 aliphatic rings. The van der Waals surface area contributed by atoms with E-state index in [9.17, 15) is 0 Å². The van der Waals surface area contributed by atoms with Crippen LogP contribution in [0.2, 0.25) is 0 Å². The van der Waals surface area contributed by atoms with Crippen LogP contribution in [0.15, 0.2) is 0 Å². The Morgan fingerprint density at radius 2 is 0.286 bits per heavy atom. The van der Waals surface area contributed by atoms with E-state index >= 15 is 0 Å². The van der Waals surface area contributed by atoms with Crippen LogP contribution in [-0.2, 0) is 0 Å². The predicted octanol–water partition coefficient (Wildman–Crippen LogP) is -0.00120. The molecule has 0 aromatic carbocycles. The zero-order valence-corrected chi connectivity index (χ0v) is 5.05. The maximum absolute atomic E-state index is 0. The summed E-state index contributed by atoms with van der Waals surface area (Å²) in [5, 5.41) is 0. The molecule has 0 heterocycles. The molecule has 0 aliphatic heterocycles. The first kappa shape index (κ1) is 26700. The first-order chi connectivity index (χ1) is 0. The van der Waals surface area contributed by atoms with Crippen molar-refractivity contribution in [3.63, 3.8) is 0 Å². The Labute approximate surface area is 46.3 Å². The van der Waals surface area contributed by atoms with Gasteiger partial charge in [0.2, 0.25) is 0 Å². The minimum absolute atomic E-state index is 0. The molecule has 0 nitrogen and oxygen atoms in total. The summed E-state index contributed by atoms with van der Waals surface area (Å²) in [4.78, 5) is 0. The number of rotatable bonds is 0. The Morgan fingerprint density at radius 3 is 0.286 bits per heavy atom. The summed E-state index contributed by atoms with van der Waals surface area (Å²) in [6.45, 7) is 0. The van der Waals surface area contributed by atoms with Gasteiger partial charge in [-0.25, -0.2) is 0 Å². The number of hydrogen-bond acceptors (Lipinski definition) is 0. The van der Waals surface area contributed by atoms with Gasteiger partial charge >= 0.3 is 17.1 Å². The van der Waals surface area contributed by atoms with Gasteiger partial charge in [-0.05, 0) is 0 Å². The average molecular weight is 201 g/mol. The van der Waals surface area contributed by atoms with E-state index in [0.29, 0.717) is 0 Å². The molecule has 0 bridgehead atoms. The normalized spacial score (nSPS) is 0. The van der Waals surface area contributed by atoms with Gasteiger partial charge in [-0.15, -0.1) is 0 Å². The van der Waals surface area contributed by atoms with Crippen LogP contribution < -0.4 is 0 Å². The van der Waals surface area contributed by atoms with Crippen molar-refractivity contribution in [2.24, 2.45) is 0 Å². The van der Waals surface area contributed by atoms with Crippen molar-refractivity contribution < 1.29 is 28.2 Å². The summed E-state index contributed by atoms with van der Waals surface area (Å²) in [5.74, 6) is 0. The van der Waals surface area contributed by atoms with Crippen LogP contribution in [0, 0.1) is 0 Å². The van der Waals surface area contributed by atoms with E-state index in [1.807, 2.05) is 0 Å². The van der Waals surface area contributed by atoms with Crippen LogP contribution in [0.4, 0.5) is 28.2 Å². The van der Waals surface area contributed by atoms with Crippen LogP contribution in [0.5, 0.6) is 0 Å². The molecule has 0 rings (SSSR count). The van der Waals surface area contributed by atoms with Gasteiger partial charge in [0.05, 0.1) is 0 Å². The second kappa shape index (κ2) is 16000. The predicted molar refractivity (Wildman–Crippen MR) is 23.6 cm³/mol. The third-order valence-electron chi connectivity index (χ3n) is 0. The van der Waals surface area contributed by atoms with E-state index in [2.05, 4.69) is 0 Å². The Balaban J connectivity index is 0. The number of hydrogen-bond donors (Lipinski definition) is 0. The quantitative estimate of drug-likeness (QED) is 0.382. The topological polar surface area (TPSA) is 0 Å². The molecule has 0 aromatic rings. The fraction of sp³-hybridized carbons (Fsp3) is 0. The van der Waals surface area contributed by atoms with Gasteiger partial charge in [-0.1, -0.05) is 0 Å². The first-order valence-corrected chi connectivity index (χ1v) is 0. The Morgan fingerprint density at radius 1 is 0.286 bits per heavy atom. The summed E-state index contributed by atoms with van der Waals surface area (Å²) >= 11 is 0. The average Bonchev–Trinajstić information content (AvgIpc) is 0. The molecule has 7 heavy (non-hydrogen) atoms. The fourth-order valence-corrected chi connectivity index (χ4v) is 0. The molecule has 0 N–H and O–H groups in total. The summed E-state index contributed by atoms with van der Waals surface area (Å²) in [7, 11) is 0. The zero-order valence-electron chi connectivity index (χ0n) is 2.95. The van der Waals surface area contributed by atoms with Crippen molar-refractivity contribution in [3.05, 3.63) is 0 Å². The molecule has 0 saturated heterocycles. The molecular formula is H8F6Se. The van der Waals surface area contributed by atoms with E-state index < -0.39 is 0 Å². The van der Waals surface area contributed by atoms with Gasteiger partial charge in [0.1, 0.15) is 0 Å². The van der Waals surface area contributed by atoms with Crippen molar-refractivity contribution >= 4 is 17.1 Å². The van der Waals surface area contributed by atoms with Crippen LogP contribution in [0.25, 0.3) is 0 Å². The molecule has 0 aliphatic carbocycles. The maximum atomic E-state index is 0. The van der Waals surface area contributed by atoms with Gasteiger partial charge in [0, 0.05) is 0 Å². The monoisotopic (exact) mass is 202 g/mol. The number of halogens is 6. The van der Waals surface area contributed by atoms with Crippen molar-refractivity contribution in [1.29, 1.82) is 0 Å². The molecule has 0 aromatic heterocycles. The van der Waals surface area contributed by atoms with E-state index in [-0.39, 0.29) is 45.3 Å². The molecule has 0 unspecified atom stereocenters. The molecule has 0 fully saturated rings. The summed E-state index contributed by atoms with van der Waals surface area (Å²) in [6.07, 6.45) is 0. The molecule has 0 atom stereocenters. The van der Waals surface area contributed by atoms with Crippen LogP contribution in [-0.4, -0.2) is 17.1 Å². The van der Waals surface area contributed by atoms with Crippen LogP contribution in [0.3, 0.4) is 0 Å². The van der Waals surface area contributed by atoms with E-state index in [1.54, 1.807) is 0 Å². The van der Waals surface area contributed by atoms with E-state index in [1.165, 1.54) is 0 Å². The molecule has 0 amide bonds. The van der Waals surface area contributed by atoms with Crippen LogP contribution >= 0.6 is 0 Å². The van der Waals surface area contributed by atoms with Gasteiger partial charge in [0.15, 0.2) is 0 Å². The van der Waals surface area contributed by atoms with Crippen LogP contribution in [0.1, 0.15) is 0 Å². The second-order valence-electron chi connectivity index (χ2n) is 0. The van der Waals surface area contributed by atoms with E-state index in [0.717, 1.165) is 0 Å². The summed E-state index contributed by atoms with van der Waals surface area (Å²) in [6, 6.07) is 0. The minimum atomic E-state index is 0. The standard InChI is InChI=1S/6FH.H2Se/h6*1H;1H2. The Kier molecular flexibility index (Phi) is 61100000. The third-order valence-corrected chi connectivity index (χ3v) is 0. The fourth-order valence-electron chi connectivity index (χ4n) is 0. The Hall–Kier alpha value is 0.0995. The second-order valence-corrected chi connectivity index (χ2v) is 0. The first-order valence-electron chi connectivity index (χ1n) is 0. The SMILES string of the molecule is F.F.F.F.F.F.[SeH2]. The zero-order chi connectivity index (χ0) is 0. The van der Waals surface area contributed by atoms with Crippen molar-refractivity contribution in [2.45, 2.75) is 0 Å². The molecule has 0 spiro atoms. The Bertz CT molecular complexity index is 4.14. The van der Waals surface area contributed by atoms with Gasteiger partial charge in [-0.3, -0.25) is 28.2 Å². The molecule has 0 radical (unpaired) electrons. The summed E-state index contributed by atoms with van der Waals surface area (Å²) < 4.78 is 0. The summed E-state index contributed by atoms with van der Waals surface area (Å²) in [5.41, 5.74) is 0. The molecule has 0 saturated carbocycles. The van der Waals surface area contributed by atoms with Crippen molar-refractivity contribution in [2.75, 3.05) is 0 Å². The van der Waals surface area contributed by atoms with Crippen molar-refractivity contribution in [1.82, 2.24) is 0 Å². The van der Waals surface area contributed by atoms with Gasteiger partial charge < -0.3 is 0 Å². The molecule has 7 heteroatoms. The molecule has 56 valence electrons. The van der Waals surface area contributed by atoms with Gasteiger partial charge in [-0.2, -0.15) is 0 Å². The van der Waals surface area contributed by atoms with Gasteiger partial charge in [0.25, 0.3) is 0 Å². The third kappa shape index (κ3) is 10400.